The van der Waals surface area contributed by atoms with Gasteiger partial charge in [0, 0.05) is 11.6 Å². The maximum Gasteiger partial charge on any atom is 0.573 e. The number of halogens is 3. The molecule has 1 aromatic carbocycles. The first-order valence-electron chi connectivity index (χ1n) is 6.43. The Balaban J connectivity index is 2.14. The summed E-state index contributed by atoms with van der Waals surface area (Å²) in [6.07, 6.45) is -5.33. The number of aliphatic hydroxyl groups excluding tert-OH is 1. The van der Waals surface area contributed by atoms with Gasteiger partial charge in [0.15, 0.2) is 0 Å². The summed E-state index contributed by atoms with van der Waals surface area (Å²) in [6.45, 7) is 1.80. The van der Waals surface area contributed by atoms with Crippen LogP contribution in [0.15, 0.2) is 28.7 Å². The normalized spacial score (nSPS) is 14.6. The van der Waals surface area contributed by atoms with E-state index in [4.69, 9.17) is 10.2 Å². The molecule has 9 heteroatoms. The van der Waals surface area contributed by atoms with Crippen molar-refractivity contribution in [3.05, 3.63) is 30.2 Å². The molecule has 2 aromatic rings. The van der Waals surface area contributed by atoms with E-state index >= 15 is 0 Å². The third-order valence-corrected chi connectivity index (χ3v) is 2.91. The van der Waals surface area contributed by atoms with Gasteiger partial charge in [0.1, 0.15) is 11.9 Å². The van der Waals surface area contributed by atoms with E-state index in [0.717, 1.165) is 12.1 Å². The Morgan fingerprint density at radius 1 is 1.27 bits per heavy atom. The minimum Gasteiger partial charge on any atom is -0.418 e. The van der Waals surface area contributed by atoms with Gasteiger partial charge in [-0.3, -0.25) is 0 Å². The van der Waals surface area contributed by atoms with E-state index in [0.29, 0.717) is 12.0 Å². The zero-order valence-corrected chi connectivity index (χ0v) is 11.5. The van der Waals surface area contributed by atoms with Gasteiger partial charge in [-0.15, -0.1) is 23.4 Å². The van der Waals surface area contributed by atoms with E-state index in [1.807, 2.05) is 0 Å². The van der Waals surface area contributed by atoms with Crippen LogP contribution in [-0.2, 0) is 0 Å². The minimum atomic E-state index is -4.75. The van der Waals surface area contributed by atoms with Crippen LogP contribution in [0.2, 0.25) is 0 Å². The van der Waals surface area contributed by atoms with Crippen LogP contribution in [-0.4, -0.2) is 27.7 Å². The molecule has 0 fully saturated rings. The summed E-state index contributed by atoms with van der Waals surface area (Å²) in [5, 5.41) is 17.3. The third-order valence-electron chi connectivity index (χ3n) is 2.91. The monoisotopic (exact) mass is 317 g/mol. The molecule has 2 rings (SSSR count). The van der Waals surface area contributed by atoms with Crippen LogP contribution < -0.4 is 10.5 Å². The fourth-order valence-electron chi connectivity index (χ4n) is 1.68. The van der Waals surface area contributed by atoms with Crippen LogP contribution in [0.25, 0.3) is 11.5 Å². The van der Waals surface area contributed by atoms with Crippen molar-refractivity contribution >= 4 is 0 Å². The molecule has 0 spiro atoms. The van der Waals surface area contributed by atoms with Crippen LogP contribution in [0.3, 0.4) is 0 Å². The van der Waals surface area contributed by atoms with Crippen molar-refractivity contribution in [3.8, 4) is 17.2 Å². The molecule has 0 amide bonds. The number of hydrogen-bond acceptors (Lipinski definition) is 6. The molecule has 0 bridgehead atoms. The summed E-state index contributed by atoms with van der Waals surface area (Å²) in [4.78, 5) is 0. The van der Waals surface area contributed by atoms with Crippen LogP contribution in [0.4, 0.5) is 13.2 Å². The van der Waals surface area contributed by atoms with Crippen molar-refractivity contribution in [2.75, 3.05) is 0 Å². The van der Waals surface area contributed by atoms with Crippen molar-refractivity contribution in [2.45, 2.75) is 31.9 Å². The summed E-state index contributed by atoms with van der Waals surface area (Å²) >= 11 is 0. The quantitative estimate of drug-likeness (QED) is 0.879. The second-order valence-electron chi connectivity index (χ2n) is 4.53. The van der Waals surface area contributed by atoms with Crippen LogP contribution >= 0.6 is 0 Å². The molecular weight excluding hydrogens is 303 g/mol. The fraction of sp³-hybridized carbons (Fsp3) is 0.385. The summed E-state index contributed by atoms with van der Waals surface area (Å²) < 4.78 is 45.2. The zero-order chi connectivity index (χ0) is 16.3. The van der Waals surface area contributed by atoms with E-state index in [-0.39, 0.29) is 17.5 Å². The van der Waals surface area contributed by atoms with Crippen molar-refractivity contribution in [2.24, 2.45) is 5.73 Å². The highest BCUT2D eigenvalue weighted by Crippen LogP contribution is 2.27. The Labute approximate surface area is 123 Å². The average molecular weight is 317 g/mol. The van der Waals surface area contributed by atoms with Crippen molar-refractivity contribution < 1.29 is 27.4 Å². The van der Waals surface area contributed by atoms with Gasteiger partial charge in [-0.05, 0) is 30.7 Å². The van der Waals surface area contributed by atoms with Gasteiger partial charge >= 0.3 is 6.36 Å². The number of benzene rings is 1. The Hall–Kier alpha value is -2.13. The summed E-state index contributed by atoms with van der Waals surface area (Å²) in [6, 6.07) is 4.38. The largest absolute Gasteiger partial charge is 0.573 e. The summed E-state index contributed by atoms with van der Waals surface area (Å²) in [7, 11) is 0. The topological polar surface area (TPSA) is 94.4 Å². The summed E-state index contributed by atoms with van der Waals surface area (Å²) in [5.74, 6) is -0.333. The van der Waals surface area contributed by atoms with Crippen LogP contribution in [0, 0.1) is 0 Å². The molecule has 1 aromatic heterocycles. The lowest BCUT2D eigenvalue weighted by Crippen LogP contribution is -2.27. The maximum absolute atomic E-state index is 12.1. The predicted molar refractivity (Wildman–Crippen MR) is 69.6 cm³/mol. The Morgan fingerprint density at radius 3 is 2.45 bits per heavy atom. The van der Waals surface area contributed by atoms with Crippen LogP contribution in [0.1, 0.15) is 25.3 Å². The molecule has 2 atom stereocenters. The first kappa shape index (κ1) is 16.2. The van der Waals surface area contributed by atoms with Crippen LogP contribution in [0.5, 0.6) is 5.75 Å². The zero-order valence-electron chi connectivity index (χ0n) is 11.5. The molecule has 1 heterocycles. The molecule has 2 unspecified atom stereocenters. The van der Waals surface area contributed by atoms with Gasteiger partial charge in [0.2, 0.25) is 11.8 Å². The van der Waals surface area contributed by atoms with Gasteiger partial charge in [0.05, 0.1) is 0 Å². The second-order valence-corrected chi connectivity index (χ2v) is 4.53. The molecule has 0 saturated heterocycles. The Morgan fingerprint density at radius 2 is 1.91 bits per heavy atom. The van der Waals surface area contributed by atoms with E-state index in [1.54, 1.807) is 6.92 Å². The Kier molecular flexibility index (Phi) is 4.67. The minimum absolute atomic E-state index is 0.0417. The highest BCUT2D eigenvalue weighted by Gasteiger charge is 2.31. The predicted octanol–water partition coefficient (Wildman–Crippen LogP) is 2.41. The van der Waals surface area contributed by atoms with E-state index in [9.17, 15) is 18.3 Å². The molecule has 22 heavy (non-hydrogen) atoms. The molecule has 0 radical (unpaired) electrons. The van der Waals surface area contributed by atoms with Gasteiger partial charge < -0.3 is 20.0 Å². The standard InChI is InChI=1S/C13H14F3N3O3/c1-2-9(17)10(20)12-19-18-11(21-12)7-3-5-8(6-4-7)22-13(14,15)16/h3-6,9-10,20H,2,17H2,1H3. The highest BCUT2D eigenvalue weighted by atomic mass is 19.4. The lowest BCUT2D eigenvalue weighted by atomic mass is 10.1. The van der Waals surface area contributed by atoms with E-state index < -0.39 is 18.5 Å². The summed E-state index contributed by atoms with van der Waals surface area (Å²) in [5.41, 5.74) is 6.07. The van der Waals surface area contributed by atoms with Gasteiger partial charge in [-0.25, -0.2) is 0 Å². The number of hydrogen-bond donors (Lipinski definition) is 2. The molecule has 6 nitrogen and oxygen atoms in total. The smallest absolute Gasteiger partial charge is 0.418 e. The molecule has 0 aliphatic rings. The van der Waals surface area contributed by atoms with Gasteiger partial charge in [-0.2, -0.15) is 0 Å². The molecular formula is C13H14F3N3O3. The number of nitrogens with zero attached hydrogens (tertiary/aromatic N) is 2. The average Bonchev–Trinajstić information content (AvgIpc) is 2.94. The number of nitrogens with two attached hydrogens (primary N) is 1. The fourth-order valence-corrected chi connectivity index (χ4v) is 1.68. The van der Waals surface area contributed by atoms with E-state index in [1.165, 1.54) is 12.1 Å². The number of alkyl halides is 3. The SMILES string of the molecule is CCC(N)C(O)c1nnc(-c2ccc(OC(F)(F)F)cc2)o1. The second kappa shape index (κ2) is 6.32. The van der Waals surface area contributed by atoms with Crippen molar-refractivity contribution in [3.63, 3.8) is 0 Å². The lowest BCUT2D eigenvalue weighted by Gasteiger charge is -2.12. The molecule has 0 saturated carbocycles. The molecule has 0 aliphatic carbocycles. The molecule has 120 valence electrons. The highest BCUT2D eigenvalue weighted by molar-refractivity contribution is 5.54. The van der Waals surface area contributed by atoms with Gasteiger partial charge in [0.25, 0.3) is 0 Å². The number of ether oxygens (including phenoxy) is 1. The molecule has 0 aliphatic heterocycles. The number of aromatic nitrogens is 2. The van der Waals surface area contributed by atoms with Gasteiger partial charge in [-0.1, -0.05) is 6.92 Å². The number of aliphatic hydroxyl groups is 1. The van der Waals surface area contributed by atoms with Crippen molar-refractivity contribution in [1.82, 2.24) is 10.2 Å². The first-order valence-corrected chi connectivity index (χ1v) is 6.43. The molecule has 3 N–H and O–H groups in total. The lowest BCUT2D eigenvalue weighted by molar-refractivity contribution is -0.274. The Bertz CT molecular complexity index is 613. The maximum atomic E-state index is 12.1. The number of rotatable bonds is 5. The third kappa shape index (κ3) is 3.95. The first-order chi connectivity index (χ1) is 10.3. The van der Waals surface area contributed by atoms with E-state index in [2.05, 4.69) is 14.9 Å². The van der Waals surface area contributed by atoms with Crippen molar-refractivity contribution in [1.29, 1.82) is 0 Å².